The second kappa shape index (κ2) is 7.92. The highest BCUT2D eigenvalue weighted by molar-refractivity contribution is 7.07. The minimum absolute atomic E-state index is 0.0959. The lowest BCUT2D eigenvalue weighted by Crippen LogP contribution is -2.11. The van der Waals surface area contributed by atoms with E-state index in [0.29, 0.717) is 4.80 Å². The second-order valence-electron chi connectivity index (χ2n) is 5.18. The Labute approximate surface area is 152 Å². The number of benzene rings is 2. The molecule has 0 saturated heterocycles. The molecule has 0 aliphatic carbocycles. The predicted octanol–water partition coefficient (Wildman–Crippen LogP) is 3.94. The molecule has 2 aromatic carbocycles. The van der Waals surface area contributed by atoms with Gasteiger partial charge >= 0.3 is 6.61 Å². The molecule has 5 nitrogen and oxygen atoms in total. The second-order valence-corrected chi connectivity index (χ2v) is 6.01. The standard InChI is InChI=1S/C18H15F2N3O2S/c1-21-18-23(22-10-12-2-6-14(24)7-3-12)16(11-26-18)13-4-8-15(9-5-13)25-17(19)20/h2-11,17,24H,1H3. The Morgan fingerprint density at radius 2 is 1.81 bits per heavy atom. The number of halogens is 2. The van der Waals surface area contributed by atoms with E-state index in [1.807, 2.05) is 5.38 Å². The van der Waals surface area contributed by atoms with Crippen LogP contribution in [0.15, 0.2) is 64.0 Å². The zero-order chi connectivity index (χ0) is 18.5. The summed E-state index contributed by atoms with van der Waals surface area (Å²) in [6.07, 6.45) is 1.65. The zero-order valence-electron chi connectivity index (χ0n) is 13.7. The highest BCUT2D eigenvalue weighted by Crippen LogP contribution is 2.24. The van der Waals surface area contributed by atoms with Crippen LogP contribution in [0.2, 0.25) is 0 Å². The lowest BCUT2D eigenvalue weighted by molar-refractivity contribution is -0.0498. The largest absolute Gasteiger partial charge is 0.508 e. The van der Waals surface area contributed by atoms with Gasteiger partial charge in [-0.3, -0.25) is 4.99 Å². The van der Waals surface area contributed by atoms with Gasteiger partial charge in [0.25, 0.3) is 0 Å². The molecule has 0 atom stereocenters. The predicted molar refractivity (Wildman–Crippen MR) is 97.0 cm³/mol. The molecule has 0 aliphatic heterocycles. The number of phenolic OH excluding ortho intramolecular Hbond substituents is 1. The van der Waals surface area contributed by atoms with Gasteiger partial charge in [0, 0.05) is 18.0 Å². The molecule has 8 heteroatoms. The van der Waals surface area contributed by atoms with Crippen molar-refractivity contribution in [2.45, 2.75) is 6.61 Å². The van der Waals surface area contributed by atoms with Crippen LogP contribution in [0.1, 0.15) is 5.56 Å². The molecule has 0 radical (unpaired) electrons. The lowest BCUT2D eigenvalue weighted by atomic mass is 10.2. The zero-order valence-corrected chi connectivity index (χ0v) is 14.5. The summed E-state index contributed by atoms with van der Waals surface area (Å²) in [6.45, 7) is -2.85. The first-order chi connectivity index (χ1) is 12.6. The normalized spacial score (nSPS) is 12.2. The van der Waals surface area contributed by atoms with Gasteiger partial charge in [-0.15, -0.1) is 11.3 Å². The molecule has 1 N–H and O–H groups in total. The van der Waals surface area contributed by atoms with Crippen molar-refractivity contribution in [2.75, 3.05) is 7.05 Å². The van der Waals surface area contributed by atoms with Crippen molar-refractivity contribution >= 4 is 17.6 Å². The number of rotatable bonds is 5. The average molecular weight is 375 g/mol. The molecule has 0 spiro atoms. The summed E-state index contributed by atoms with van der Waals surface area (Å²) in [5.41, 5.74) is 2.38. The Balaban J connectivity index is 1.94. The van der Waals surface area contributed by atoms with Gasteiger partial charge in [0.2, 0.25) is 4.80 Å². The molecule has 3 rings (SSSR count). The summed E-state index contributed by atoms with van der Waals surface area (Å²) in [7, 11) is 1.67. The van der Waals surface area contributed by atoms with Crippen LogP contribution in [0.5, 0.6) is 11.5 Å². The maximum atomic E-state index is 12.3. The molecule has 0 bridgehead atoms. The number of phenols is 1. The fourth-order valence-corrected chi connectivity index (χ4v) is 3.06. The van der Waals surface area contributed by atoms with Crippen LogP contribution in [0.3, 0.4) is 0 Å². The van der Waals surface area contributed by atoms with Crippen molar-refractivity contribution in [3.63, 3.8) is 0 Å². The van der Waals surface area contributed by atoms with Gasteiger partial charge in [-0.25, -0.2) is 4.68 Å². The molecule has 1 aromatic heterocycles. The van der Waals surface area contributed by atoms with Crippen molar-refractivity contribution in [1.82, 2.24) is 4.68 Å². The van der Waals surface area contributed by atoms with E-state index >= 15 is 0 Å². The monoisotopic (exact) mass is 375 g/mol. The van der Waals surface area contributed by atoms with Gasteiger partial charge in [-0.2, -0.15) is 13.9 Å². The first-order valence-corrected chi connectivity index (χ1v) is 8.47. The summed E-state index contributed by atoms with van der Waals surface area (Å²) >= 11 is 1.41. The summed E-state index contributed by atoms with van der Waals surface area (Å²) in [4.78, 5) is 4.89. The first-order valence-electron chi connectivity index (χ1n) is 7.59. The molecule has 3 aromatic rings. The number of hydrogen-bond donors (Lipinski definition) is 1. The highest BCUT2D eigenvalue weighted by atomic mass is 32.1. The third-order valence-electron chi connectivity index (χ3n) is 3.47. The number of hydrogen-bond acceptors (Lipinski definition) is 5. The minimum Gasteiger partial charge on any atom is -0.508 e. The van der Waals surface area contributed by atoms with Crippen molar-refractivity contribution in [2.24, 2.45) is 10.1 Å². The van der Waals surface area contributed by atoms with Crippen molar-refractivity contribution in [3.8, 4) is 22.8 Å². The van der Waals surface area contributed by atoms with Crippen molar-refractivity contribution in [1.29, 1.82) is 0 Å². The molecular formula is C18H15F2N3O2S. The number of thiazole rings is 1. The smallest absolute Gasteiger partial charge is 0.387 e. The number of nitrogens with zero attached hydrogens (tertiary/aromatic N) is 3. The molecule has 1 heterocycles. The first kappa shape index (κ1) is 17.8. The Morgan fingerprint density at radius 3 is 2.42 bits per heavy atom. The molecule has 134 valence electrons. The van der Waals surface area contributed by atoms with Crippen LogP contribution < -0.4 is 9.54 Å². The SMILES string of the molecule is CN=c1scc(-c2ccc(OC(F)F)cc2)n1N=Cc1ccc(O)cc1. The van der Waals surface area contributed by atoms with E-state index in [-0.39, 0.29) is 11.5 Å². The minimum atomic E-state index is -2.85. The van der Waals surface area contributed by atoms with Crippen molar-refractivity contribution in [3.05, 3.63) is 64.3 Å². The van der Waals surface area contributed by atoms with E-state index in [2.05, 4.69) is 14.8 Å². The number of aromatic hydroxyl groups is 1. The summed E-state index contributed by atoms with van der Waals surface area (Å²) in [5.74, 6) is 0.278. The van der Waals surface area contributed by atoms with Crippen LogP contribution in [0.4, 0.5) is 8.78 Å². The van der Waals surface area contributed by atoms with Crippen molar-refractivity contribution < 1.29 is 18.6 Å². The third kappa shape index (κ3) is 4.15. The number of alkyl halides is 2. The quantitative estimate of drug-likeness (QED) is 0.687. The van der Waals surface area contributed by atoms with Gasteiger partial charge < -0.3 is 9.84 Å². The van der Waals surface area contributed by atoms with E-state index in [9.17, 15) is 13.9 Å². The fraction of sp³-hybridized carbons (Fsp3) is 0.111. The highest BCUT2D eigenvalue weighted by Gasteiger charge is 2.09. The summed E-state index contributed by atoms with van der Waals surface area (Å²) < 4.78 is 30.6. The van der Waals surface area contributed by atoms with Gasteiger partial charge in [-0.05, 0) is 54.1 Å². The number of ether oxygens (including phenoxy) is 1. The Morgan fingerprint density at radius 1 is 1.12 bits per heavy atom. The third-order valence-corrected chi connectivity index (χ3v) is 4.37. The van der Waals surface area contributed by atoms with Crippen LogP contribution in [0.25, 0.3) is 11.3 Å². The van der Waals surface area contributed by atoms with E-state index in [4.69, 9.17) is 0 Å². The van der Waals surface area contributed by atoms with Crippen LogP contribution in [-0.2, 0) is 0 Å². The lowest BCUT2D eigenvalue weighted by Gasteiger charge is -2.06. The summed E-state index contributed by atoms with van der Waals surface area (Å²) in [5, 5.41) is 15.7. The average Bonchev–Trinajstić information content (AvgIpc) is 3.04. The van der Waals surface area contributed by atoms with E-state index in [0.717, 1.165) is 16.8 Å². The van der Waals surface area contributed by atoms with Crippen LogP contribution in [-0.4, -0.2) is 29.7 Å². The fourth-order valence-electron chi connectivity index (χ4n) is 2.25. The maximum Gasteiger partial charge on any atom is 0.387 e. The molecule has 0 saturated carbocycles. The van der Waals surface area contributed by atoms with E-state index in [1.54, 1.807) is 54.3 Å². The molecule has 0 aliphatic rings. The van der Waals surface area contributed by atoms with Gasteiger partial charge in [0.1, 0.15) is 11.5 Å². The summed E-state index contributed by atoms with van der Waals surface area (Å²) in [6, 6.07) is 13.0. The molecule has 0 amide bonds. The van der Waals surface area contributed by atoms with Crippen LogP contribution in [0, 0.1) is 0 Å². The van der Waals surface area contributed by atoms with E-state index < -0.39 is 6.61 Å². The Kier molecular flexibility index (Phi) is 5.43. The van der Waals surface area contributed by atoms with Gasteiger partial charge in [0.05, 0.1) is 11.9 Å². The van der Waals surface area contributed by atoms with E-state index in [1.165, 1.54) is 23.5 Å². The number of aromatic nitrogens is 1. The molecule has 26 heavy (non-hydrogen) atoms. The maximum absolute atomic E-state index is 12.3. The molecular weight excluding hydrogens is 360 g/mol. The van der Waals surface area contributed by atoms with Gasteiger partial charge in [-0.1, -0.05) is 0 Å². The molecule has 0 unspecified atom stereocenters. The van der Waals surface area contributed by atoms with Gasteiger partial charge in [0.15, 0.2) is 0 Å². The topological polar surface area (TPSA) is 59.1 Å². The Hall–Kier alpha value is -3.00. The Bertz CT molecular complexity index is 961. The van der Waals surface area contributed by atoms with Crippen LogP contribution >= 0.6 is 11.3 Å². The molecule has 0 fully saturated rings.